The summed E-state index contributed by atoms with van der Waals surface area (Å²) in [6.07, 6.45) is 3.52. The topological polar surface area (TPSA) is 47.0 Å². The molecule has 0 unspecified atom stereocenters. The standard InChI is InChI=1S/C11H9BrIN3O/c1-17-10-3-2-8(4-9(10)12)16-11-14-5-7(13)6-15-11/h2-6H,1H3,(H,14,15,16). The predicted molar refractivity (Wildman–Crippen MR) is 78.7 cm³/mol. The number of ether oxygens (including phenoxy) is 1. The maximum atomic E-state index is 5.16. The average Bonchev–Trinajstić information content (AvgIpc) is 2.32. The highest BCUT2D eigenvalue weighted by Crippen LogP contribution is 2.28. The fraction of sp³-hybridized carbons (Fsp3) is 0.0909. The molecule has 0 aliphatic rings. The molecule has 2 aromatic rings. The first-order valence-electron chi connectivity index (χ1n) is 4.77. The summed E-state index contributed by atoms with van der Waals surface area (Å²) in [5.41, 5.74) is 0.902. The average molecular weight is 406 g/mol. The Balaban J connectivity index is 2.19. The number of rotatable bonds is 3. The van der Waals surface area contributed by atoms with Crippen molar-refractivity contribution in [3.63, 3.8) is 0 Å². The molecule has 2 rings (SSSR count). The van der Waals surface area contributed by atoms with Crippen molar-refractivity contribution >= 4 is 50.2 Å². The van der Waals surface area contributed by atoms with Gasteiger partial charge in [0.05, 0.1) is 11.6 Å². The Hall–Kier alpha value is -0.890. The van der Waals surface area contributed by atoms with Gasteiger partial charge >= 0.3 is 0 Å². The van der Waals surface area contributed by atoms with E-state index in [9.17, 15) is 0 Å². The molecule has 6 heteroatoms. The lowest BCUT2D eigenvalue weighted by molar-refractivity contribution is 0.412. The van der Waals surface area contributed by atoms with Crippen molar-refractivity contribution in [2.24, 2.45) is 0 Å². The maximum Gasteiger partial charge on any atom is 0.227 e. The number of hydrogen-bond acceptors (Lipinski definition) is 4. The van der Waals surface area contributed by atoms with E-state index in [1.165, 1.54) is 0 Å². The lowest BCUT2D eigenvalue weighted by atomic mass is 10.3. The second kappa shape index (κ2) is 5.63. The zero-order chi connectivity index (χ0) is 12.3. The van der Waals surface area contributed by atoms with Crippen molar-refractivity contribution in [1.82, 2.24) is 9.97 Å². The molecule has 1 aromatic heterocycles. The minimum atomic E-state index is 0.572. The lowest BCUT2D eigenvalue weighted by Crippen LogP contribution is -1.97. The summed E-state index contributed by atoms with van der Waals surface area (Å²) in [6, 6.07) is 5.70. The van der Waals surface area contributed by atoms with E-state index in [-0.39, 0.29) is 0 Å². The van der Waals surface area contributed by atoms with Crippen LogP contribution in [0, 0.1) is 3.57 Å². The van der Waals surface area contributed by atoms with Gasteiger partial charge in [-0.3, -0.25) is 0 Å². The van der Waals surface area contributed by atoms with E-state index in [2.05, 4.69) is 53.8 Å². The summed E-state index contributed by atoms with van der Waals surface area (Å²) in [7, 11) is 1.63. The monoisotopic (exact) mass is 405 g/mol. The molecule has 0 atom stereocenters. The van der Waals surface area contributed by atoms with Crippen molar-refractivity contribution in [3.8, 4) is 5.75 Å². The highest BCUT2D eigenvalue weighted by Gasteiger charge is 2.02. The van der Waals surface area contributed by atoms with Crippen molar-refractivity contribution in [2.45, 2.75) is 0 Å². The molecule has 0 radical (unpaired) electrons. The molecule has 0 amide bonds. The lowest BCUT2D eigenvalue weighted by Gasteiger charge is -2.07. The third kappa shape index (κ3) is 3.29. The fourth-order valence-electron chi connectivity index (χ4n) is 1.25. The first-order valence-corrected chi connectivity index (χ1v) is 6.64. The number of anilines is 2. The van der Waals surface area contributed by atoms with Gasteiger partial charge in [-0.2, -0.15) is 0 Å². The molecule has 0 bridgehead atoms. The minimum Gasteiger partial charge on any atom is -0.496 e. The molecular weight excluding hydrogens is 397 g/mol. The van der Waals surface area contributed by atoms with Crippen LogP contribution in [0.3, 0.4) is 0 Å². The van der Waals surface area contributed by atoms with Crippen LogP contribution in [0.5, 0.6) is 5.75 Å². The van der Waals surface area contributed by atoms with E-state index >= 15 is 0 Å². The van der Waals surface area contributed by atoms with Gasteiger partial charge in [-0.1, -0.05) is 0 Å². The first kappa shape index (κ1) is 12.6. The highest BCUT2D eigenvalue weighted by atomic mass is 127. The Labute approximate surface area is 121 Å². The second-order valence-electron chi connectivity index (χ2n) is 3.20. The van der Waals surface area contributed by atoms with Crippen LogP contribution in [-0.2, 0) is 0 Å². The van der Waals surface area contributed by atoms with Crippen LogP contribution in [0.15, 0.2) is 35.1 Å². The summed E-state index contributed by atoms with van der Waals surface area (Å²) in [6.45, 7) is 0. The van der Waals surface area contributed by atoms with Gasteiger partial charge in [0.1, 0.15) is 5.75 Å². The molecule has 0 aliphatic carbocycles. The maximum absolute atomic E-state index is 5.16. The molecule has 0 aliphatic heterocycles. The number of benzene rings is 1. The van der Waals surface area contributed by atoms with Crippen LogP contribution >= 0.6 is 38.5 Å². The summed E-state index contributed by atoms with van der Waals surface area (Å²) in [5, 5.41) is 3.11. The predicted octanol–water partition coefficient (Wildman–Crippen LogP) is 3.60. The quantitative estimate of drug-likeness (QED) is 0.792. The van der Waals surface area contributed by atoms with Crippen molar-refractivity contribution in [2.75, 3.05) is 12.4 Å². The zero-order valence-electron chi connectivity index (χ0n) is 8.95. The van der Waals surface area contributed by atoms with Gasteiger partial charge in [0, 0.05) is 21.7 Å². The third-order valence-electron chi connectivity index (χ3n) is 2.03. The van der Waals surface area contributed by atoms with E-state index in [0.717, 1.165) is 19.5 Å². The van der Waals surface area contributed by atoms with Gasteiger partial charge in [0.15, 0.2) is 0 Å². The molecule has 0 spiro atoms. The Morgan fingerprint density at radius 3 is 2.59 bits per heavy atom. The smallest absolute Gasteiger partial charge is 0.227 e. The first-order chi connectivity index (χ1) is 8.19. The number of methoxy groups -OCH3 is 1. The largest absolute Gasteiger partial charge is 0.496 e. The Morgan fingerprint density at radius 1 is 1.29 bits per heavy atom. The second-order valence-corrected chi connectivity index (χ2v) is 5.30. The molecule has 0 fully saturated rings. The van der Waals surface area contributed by atoms with Gasteiger partial charge in [-0.15, -0.1) is 0 Å². The van der Waals surface area contributed by atoms with Gasteiger partial charge in [-0.05, 0) is 56.7 Å². The van der Waals surface area contributed by atoms with Gasteiger partial charge in [0.25, 0.3) is 0 Å². The van der Waals surface area contributed by atoms with Crippen LogP contribution in [0.2, 0.25) is 0 Å². The van der Waals surface area contributed by atoms with Crippen molar-refractivity contribution < 1.29 is 4.74 Å². The molecule has 4 nitrogen and oxygen atoms in total. The van der Waals surface area contributed by atoms with Crippen LogP contribution in [-0.4, -0.2) is 17.1 Å². The van der Waals surface area contributed by atoms with Gasteiger partial charge < -0.3 is 10.1 Å². The van der Waals surface area contributed by atoms with E-state index in [0.29, 0.717) is 5.95 Å². The number of hydrogen-bond donors (Lipinski definition) is 1. The SMILES string of the molecule is COc1ccc(Nc2ncc(I)cn2)cc1Br. The van der Waals surface area contributed by atoms with Gasteiger partial charge in [-0.25, -0.2) is 9.97 Å². The Morgan fingerprint density at radius 2 is 2.00 bits per heavy atom. The third-order valence-corrected chi connectivity index (χ3v) is 3.21. The number of nitrogens with one attached hydrogen (secondary N) is 1. The fourth-order valence-corrected chi connectivity index (χ4v) is 2.07. The molecule has 0 saturated heterocycles. The van der Waals surface area contributed by atoms with Crippen LogP contribution < -0.4 is 10.1 Å². The van der Waals surface area contributed by atoms with E-state index in [1.807, 2.05) is 18.2 Å². The highest BCUT2D eigenvalue weighted by molar-refractivity contribution is 14.1. The van der Waals surface area contributed by atoms with Crippen molar-refractivity contribution in [3.05, 3.63) is 38.6 Å². The number of aromatic nitrogens is 2. The van der Waals surface area contributed by atoms with E-state index in [1.54, 1.807) is 19.5 Å². The molecule has 1 aromatic carbocycles. The van der Waals surface area contributed by atoms with E-state index < -0.39 is 0 Å². The summed E-state index contributed by atoms with van der Waals surface area (Å²) in [4.78, 5) is 8.34. The molecule has 1 N–H and O–H groups in total. The summed E-state index contributed by atoms with van der Waals surface area (Å²) >= 11 is 5.59. The number of nitrogens with zero attached hydrogens (tertiary/aromatic N) is 2. The Kier molecular flexibility index (Phi) is 4.16. The normalized spacial score (nSPS) is 10.1. The van der Waals surface area contributed by atoms with Gasteiger partial charge in [0.2, 0.25) is 5.95 Å². The van der Waals surface area contributed by atoms with Crippen molar-refractivity contribution in [1.29, 1.82) is 0 Å². The van der Waals surface area contributed by atoms with E-state index in [4.69, 9.17) is 4.74 Å². The van der Waals surface area contributed by atoms with Crippen LogP contribution in [0.25, 0.3) is 0 Å². The summed E-state index contributed by atoms with van der Waals surface area (Å²) < 4.78 is 7.05. The Bertz CT molecular complexity index is 519. The molecule has 17 heavy (non-hydrogen) atoms. The molecule has 88 valence electrons. The van der Waals surface area contributed by atoms with Crippen LogP contribution in [0.4, 0.5) is 11.6 Å². The molecule has 1 heterocycles. The molecule has 0 saturated carbocycles. The molecular formula is C11H9BrIN3O. The zero-order valence-corrected chi connectivity index (χ0v) is 12.7. The summed E-state index contributed by atoms with van der Waals surface area (Å²) in [5.74, 6) is 1.36. The minimum absolute atomic E-state index is 0.572. The number of halogens is 2. The van der Waals surface area contributed by atoms with Crippen LogP contribution in [0.1, 0.15) is 0 Å².